The minimum Gasteiger partial charge on any atom is -0.354 e. The normalized spacial score (nSPS) is 15.1. The molecule has 0 aliphatic carbocycles. The summed E-state index contributed by atoms with van der Waals surface area (Å²) in [5.41, 5.74) is 3.66. The molecule has 5 rings (SSSR count). The first-order valence-corrected chi connectivity index (χ1v) is 13.2. The first kappa shape index (κ1) is 22.5. The van der Waals surface area contributed by atoms with Crippen LogP contribution in [0.25, 0.3) is 22.0 Å². The summed E-state index contributed by atoms with van der Waals surface area (Å²) in [5, 5.41) is 1.04. The minimum atomic E-state index is -3.26. The second kappa shape index (κ2) is 9.16. The Morgan fingerprint density at radius 3 is 2.32 bits per heavy atom. The number of nitrogens with zero attached hydrogens (tertiary/aromatic N) is 3. The number of benzene rings is 3. The predicted molar refractivity (Wildman–Crippen MR) is 134 cm³/mol. The summed E-state index contributed by atoms with van der Waals surface area (Å²) < 4.78 is 37.7. The maximum Gasteiger partial charge on any atom is 0.175 e. The zero-order chi connectivity index (χ0) is 23.7. The second-order valence-corrected chi connectivity index (χ2v) is 10.7. The Kier molecular flexibility index (Phi) is 6.06. The Balaban J connectivity index is 1.35. The summed E-state index contributed by atoms with van der Waals surface area (Å²) in [6.45, 7) is 3.85. The van der Waals surface area contributed by atoms with Crippen molar-refractivity contribution < 1.29 is 12.8 Å². The summed E-state index contributed by atoms with van der Waals surface area (Å²) in [5.74, 6) is 0.660. The topological polar surface area (TPSA) is 53.5 Å². The van der Waals surface area contributed by atoms with Gasteiger partial charge in [0.1, 0.15) is 11.6 Å². The number of fused-ring (bicyclic) bond motifs is 1. The Hall–Kier alpha value is -3.29. The molecule has 1 aliphatic heterocycles. The van der Waals surface area contributed by atoms with E-state index in [9.17, 15) is 12.8 Å². The van der Waals surface area contributed by atoms with Crippen molar-refractivity contribution in [2.75, 3.05) is 37.3 Å². The van der Waals surface area contributed by atoms with Crippen LogP contribution in [-0.4, -0.2) is 50.7 Å². The van der Waals surface area contributed by atoms with E-state index in [0.717, 1.165) is 59.6 Å². The van der Waals surface area contributed by atoms with Crippen LogP contribution in [0, 0.1) is 5.82 Å². The molecule has 34 heavy (non-hydrogen) atoms. The van der Waals surface area contributed by atoms with E-state index in [1.54, 1.807) is 24.3 Å². The van der Waals surface area contributed by atoms with Crippen molar-refractivity contribution >= 4 is 26.6 Å². The van der Waals surface area contributed by atoms with Crippen LogP contribution in [0.3, 0.4) is 0 Å². The lowest BCUT2D eigenvalue weighted by Gasteiger charge is -2.35. The molecule has 0 atom stereocenters. The van der Waals surface area contributed by atoms with Gasteiger partial charge in [-0.15, -0.1) is 0 Å². The number of hydrogen-bond donors (Lipinski definition) is 0. The average molecular weight is 476 g/mol. The molecule has 3 aromatic carbocycles. The van der Waals surface area contributed by atoms with Crippen LogP contribution in [0.4, 0.5) is 10.2 Å². The molecule has 0 spiro atoms. The highest BCUT2D eigenvalue weighted by atomic mass is 32.2. The molecule has 7 heteroatoms. The van der Waals surface area contributed by atoms with Gasteiger partial charge in [-0.25, -0.2) is 17.8 Å². The smallest absolute Gasteiger partial charge is 0.175 e. The molecule has 0 saturated carbocycles. The molecule has 174 valence electrons. The van der Waals surface area contributed by atoms with Crippen molar-refractivity contribution in [2.45, 2.75) is 11.4 Å². The molecule has 0 N–H and O–H groups in total. The molecular weight excluding hydrogens is 449 g/mol. The maximum absolute atomic E-state index is 13.4. The Morgan fingerprint density at radius 2 is 1.59 bits per heavy atom. The van der Waals surface area contributed by atoms with Crippen LogP contribution >= 0.6 is 0 Å². The third kappa shape index (κ3) is 4.67. The SMILES string of the molecule is CS(=O)(=O)c1ccccc1CN1CCN(c2ccc3cccc(-c4ccc(F)cc4)c3n2)CC1. The number of halogens is 1. The standard InChI is InChI=1S/C27H26FN3O2S/c1-34(32,33)25-8-3-2-5-22(25)19-30-15-17-31(18-16-30)26-14-11-21-6-4-7-24(27(21)29-26)20-9-12-23(28)13-10-20/h2-14H,15-19H2,1H3. The Labute approximate surface area is 199 Å². The highest BCUT2D eigenvalue weighted by Crippen LogP contribution is 2.30. The summed E-state index contributed by atoms with van der Waals surface area (Å²) in [7, 11) is -3.26. The van der Waals surface area contributed by atoms with Crippen molar-refractivity contribution in [3.63, 3.8) is 0 Å². The zero-order valence-corrected chi connectivity index (χ0v) is 19.8. The van der Waals surface area contributed by atoms with Crippen molar-refractivity contribution in [3.8, 4) is 11.1 Å². The summed E-state index contributed by atoms with van der Waals surface area (Å²) in [6.07, 6.45) is 1.26. The monoisotopic (exact) mass is 475 g/mol. The fraction of sp³-hybridized carbons (Fsp3) is 0.222. The van der Waals surface area contributed by atoms with Gasteiger partial charge in [0.25, 0.3) is 0 Å². The lowest BCUT2D eigenvalue weighted by Crippen LogP contribution is -2.46. The van der Waals surface area contributed by atoms with Gasteiger partial charge < -0.3 is 4.90 Å². The minimum absolute atomic E-state index is 0.255. The van der Waals surface area contributed by atoms with Crippen LogP contribution in [0.15, 0.2) is 83.8 Å². The fourth-order valence-electron chi connectivity index (χ4n) is 4.55. The number of piperazine rings is 1. The van der Waals surface area contributed by atoms with E-state index in [1.165, 1.54) is 18.4 Å². The van der Waals surface area contributed by atoms with Crippen LogP contribution in [0.5, 0.6) is 0 Å². The van der Waals surface area contributed by atoms with E-state index >= 15 is 0 Å². The summed E-state index contributed by atoms with van der Waals surface area (Å²) >= 11 is 0. The third-order valence-corrected chi connectivity index (χ3v) is 7.52. The number of anilines is 1. The van der Waals surface area contributed by atoms with E-state index in [2.05, 4.69) is 15.9 Å². The quantitative estimate of drug-likeness (QED) is 0.416. The molecule has 0 unspecified atom stereocenters. The number of pyridine rings is 1. The molecule has 0 amide bonds. The van der Waals surface area contributed by atoms with Crippen molar-refractivity contribution in [3.05, 3.63) is 90.2 Å². The molecule has 0 bridgehead atoms. The molecule has 1 fully saturated rings. The van der Waals surface area contributed by atoms with Crippen molar-refractivity contribution in [1.82, 2.24) is 9.88 Å². The molecule has 4 aromatic rings. The highest BCUT2D eigenvalue weighted by molar-refractivity contribution is 7.90. The summed E-state index contributed by atoms with van der Waals surface area (Å²) in [6, 6.07) is 23.9. The molecule has 5 nitrogen and oxygen atoms in total. The molecular formula is C27H26FN3O2S. The lowest BCUT2D eigenvalue weighted by molar-refractivity contribution is 0.247. The number of sulfone groups is 1. The molecule has 1 aliphatic rings. The maximum atomic E-state index is 13.4. The highest BCUT2D eigenvalue weighted by Gasteiger charge is 2.21. The molecule has 2 heterocycles. The van der Waals surface area contributed by atoms with Crippen LogP contribution in [0.1, 0.15) is 5.56 Å². The number of rotatable bonds is 5. The van der Waals surface area contributed by atoms with Crippen molar-refractivity contribution in [2.24, 2.45) is 0 Å². The van der Waals surface area contributed by atoms with E-state index in [1.807, 2.05) is 36.4 Å². The molecule has 1 saturated heterocycles. The first-order valence-electron chi connectivity index (χ1n) is 11.3. The van der Waals surface area contributed by atoms with Gasteiger partial charge in [-0.05, 0) is 41.5 Å². The van der Waals surface area contributed by atoms with Gasteiger partial charge in [0.05, 0.1) is 10.4 Å². The second-order valence-electron chi connectivity index (χ2n) is 8.70. The van der Waals surface area contributed by atoms with Crippen LogP contribution in [-0.2, 0) is 16.4 Å². The number of para-hydroxylation sites is 1. The van der Waals surface area contributed by atoms with Gasteiger partial charge >= 0.3 is 0 Å². The van der Waals surface area contributed by atoms with Gasteiger partial charge in [-0.1, -0.05) is 48.5 Å². The third-order valence-electron chi connectivity index (χ3n) is 6.32. The molecule has 0 radical (unpaired) electrons. The Morgan fingerprint density at radius 1 is 0.853 bits per heavy atom. The Bertz CT molecular complexity index is 1430. The van der Waals surface area contributed by atoms with Gasteiger partial charge in [0.2, 0.25) is 0 Å². The van der Waals surface area contributed by atoms with Crippen LogP contribution < -0.4 is 4.90 Å². The van der Waals surface area contributed by atoms with E-state index in [4.69, 9.17) is 4.98 Å². The van der Waals surface area contributed by atoms with E-state index < -0.39 is 9.84 Å². The average Bonchev–Trinajstić information content (AvgIpc) is 2.84. The van der Waals surface area contributed by atoms with E-state index in [-0.39, 0.29) is 5.82 Å². The van der Waals surface area contributed by atoms with Crippen molar-refractivity contribution in [1.29, 1.82) is 0 Å². The van der Waals surface area contributed by atoms with Gasteiger partial charge in [0.15, 0.2) is 9.84 Å². The van der Waals surface area contributed by atoms with Gasteiger partial charge in [0, 0.05) is 49.9 Å². The van der Waals surface area contributed by atoms with E-state index in [0.29, 0.717) is 11.4 Å². The summed E-state index contributed by atoms with van der Waals surface area (Å²) in [4.78, 5) is 9.94. The predicted octanol–water partition coefficient (Wildman–Crippen LogP) is 4.77. The fourth-order valence-corrected chi connectivity index (χ4v) is 5.48. The van der Waals surface area contributed by atoms with Crippen LogP contribution in [0.2, 0.25) is 0 Å². The number of hydrogen-bond acceptors (Lipinski definition) is 5. The lowest BCUT2D eigenvalue weighted by atomic mass is 10.0. The van der Waals surface area contributed by atoms with Gasteiger partial charge in [-0.2, -0.15) is 0 Å². The molecule has 1 aromatic heterocycles. The number of aromatic nitrogens is 1. The van der Waals surface area contributed by atoms with Gasteiger partial charge in [-0.3, -0.25) is 4.90 Å². The zero-order valence-electron chi connectivity index (χ0n) is 19.0. The first-order chi connectivity index (χ1) is 16.4. The largest absolute Gasteiger partial charge is 0.354 e.